The van der Waals surface area contributed by atoms with E-state index in [4.69, 9.17) is 10.5 Å². The molecular weight excluding hydrogens is 278 g/mol. The topological polar surface area (TPSA) is 80.1 Å². The van der Waals surface area contributed by atoms with Crippen LogP contribution in [0.15, 0.2) is 24.5 Å². The molecule has 0 bridgehead atoms. The number of nitrogens with two attached hydrogens (primary N) is 1. The fourth-order valence-electron chi connectivity index (χ4n) is 3.19. The van der Waals surface area contributed by atoms with Crippen molar-refractivity contribution in [2.24, 2.45) is 0 Å². The molecule has 0 aliphatic carbocycles. The lowest BCUT2D eigenvalue weighted by atomic mass is 9.95. The maximum Gasteiger partial charge on any atom is 0.123 e. The van der Waals surface area contributed by atoms with Gasteiger partial charge in [-0.1, -0.05) is 6.42 Å². The number of pyridine rings is 1. The Balaban J connectivity index is 1.89. The normalized spacial score (nSPS) is 19.4. The molecule has 1 aliphatic rings. The summed E-state index contributed by atoms with van der Waals surface area (Å²) >= 11 is 0. The summed E-state index contributed by atoms with van der Waals surface area (Å²) in [5, 5.41) is 7.48. The monoisotopic (exact) mass is 301 g/mol. The van der Waals surface area contributed by atoms with Crippen LogP contribution in [0.4, 0.5) is 5.82 Å². The van der Waals surface area contributed by atoms with Gasteiger partial charge in [0.25, 0.3) is 0 Å². The molecule has 6 heteroatoms. The van der Waals surface area contributed by atoms with Crippen molar-refractivity contribution in [3.8, 4) is 11.1 Å². The van der Waals surface area contributed by atoms with E-state index in [0.717, 1.165) is 37.2 Å². The number of H-pyrrole nitrogens is 1. The highest BCUT2D eigenvalue weighted by molar-refractivity contribution is 5.67. The number of hydrogen-bond acceptors (Lipinski definition) is 5. The molecule has 1 unspecified atom stereocenters. The molecule has 3 rings (SSSR count). The Hall–Kier alpha value is -1.92. The lowest BCUT2D eigenvalue weighted by Gasteiger charge is -2.35. The van der Waals surface area contributed by atoms with Crippen molar-refractivity contribution in [2.45, 2.75) is 25.3 Å². The van der Waals surface area contributed by atoms with E-state index in [9.17, 15) is 0 Å². The van der Waals surface area contributed by atoms with E-state index in [2.05, 4.69) is 20.1 Å². The standard InChI is InChI=1S/C16H23N5O/c1-22-9-8-21-7-3-2-4-14(21)16-13(11-19-20-16)12-5-6-18-15(17)10-12/h5-6,10-11,14H,2-4,7-9H2,1H3,(H2,17,18)(H,19,20). The van der Waals surface area contributed by atoms with Gasteiger partial charge in [0.15, 0.2) is 0 Å². The number of nitrogen functional groups attached to an aromatic ring is 1. The van der Waals surface area contributed by atoms with Gasteiger partial charge in [0, 0.05) is 25.4 Å². The van der Waals surface area contributed by atoms with Crippen molar-refractivity contribution in [1.82, 2.24) is 20.1 Å². The van der Waals surface area contributed by atoms with Gasteiger partial charge >= 0.3 is 0 Å². The van der Waals surface area contributed by atoms with Crippen molar-refractivity contribution in [2.75, 3.05) is 32.5 Å². The van der Waals surface area contributed by atoms with Gasteiger partial charge in [-0.25, -0.2) is 4.98 Å². The summed E-state index contributed by atoms with van der Waals surface area (Å²) in [4.78, 5) is 6.55. The first kappa shape index (κ1) is 15.0. The van der Waals surface area contributed by atoms with E-state index >= 15 is 0 Å². The Morgan fingerprint density at radius 3 is 3.18 bits per heavy atom. The van der Waals surface area contributed by atoms with Crippen molar-refractivity contribution in [3.63, 3.8) is 0 Å². The second-order valence-corrected chi connectivity index (χ2v) is 5.71. The SMILES string of the molecule is COCCN1CCCCC1c1[nH]ncc1-c1ccnc(N)c1. The van der Waals surface area contributed by atoms with E-state index in [1.54, 1.807) is 13.3 Å². The summed E-state index contributed by atoms with van der Waals surface area (Å²) < 4.78 is 5.25. The van der Waals surface area contributed by atoms with Crippen LogP contribution in [0.2, 0.25) is 0 Å². The third-order valence-corrected chi connectivity index (χ3v) is 4.29. The average molecular weight is 301 g/mol. The number of piperidine rings is 1. The predicted molar refractivity (Wildman–Crippen MR) is 86.3 cm³/mol. The number of ether oxygens (including phenoxy) is 1. The van der Waals surface area contributed by atoms with Crippen LogP contribution >= 0.6 is 0 Å². The van der Waals surface area contributed by atoms with Crippen LogP contribution in [-0.4, -0.2) is 46.9 Å². The number of nitrogens with zero attached hydrogens (tertiary/aromatic N) is 3. The second kappa shape index (κ2) is 6.89. The smallest absolute Gasteiger partial charge is 0.123 e. The van der Waals surface area contributed by atoms with E-state index in [-0.39, 0.29) is 0 Å². The third-order valence-electron chi connectivity index (χ3n) is 4.29. The van der Waals surface area contributed by atoms with Gasteiger partial charge in [-0.05, 0) is 37.1 Å². The molecule has 0 spiro atoms. The van der Waals surface area contributed by atoms with Gasteiger partial charge in [-0.3, -0.25) is 10.00 Å². The first-order chi connectivity index (χ1) is 10.8. The van der Waals surface area contributed by atoms with Crippen LogP contribution < -0.4 is 5.73 Å². The molecule has 118 valence electrons. The Morgan fingerprint density at radius 2 is 2.36 bits per heavy atom. The number of aromatic nitrogens is 3. The number of aromatic amines is 1. The summed E-state index contributed by atoms with van der Waals surface area (Å²) in [6, 6.07) is 4.24. The number of anilines is 1. The van der Waals surface area contributed by atoms with E-state index in [1.165, 1.54) is 18.5 Å². The van der Waals surface area contributed by atoms with Gasteiger partial charge < -0.3 is 10.5 Å². The number of likely N-dealkylation sites (tertiary alicyclic amines) is 1. The lowest BCUT2D eigenvalue weighted by Crippen LogP contribution is -2.36. The Labute approximate surface area is 130 Å². The maximum absolute atomic E-state index is 5.82. The zero-order chi connectivity index (χ0) is 15.4. The number of hydrogen-bond donors (Lipinski definition) is 2. The average Bonchev–Trinajstić information content (AvgIpc) is 3.02. The molecule has 1 atom stereocenters. The molecule has 1 saturated heterocycles. The molecule has 22 heavy (non-hydrogen) atoms. The van der Waals surface area contributed by atoms with E-state index < -0.39 is 0 Å². The molecule has 2 aromatic rings. The molecule has 0 radical (unpaired) electrons. The fourth-order valence-corrected chi connectivity index (χ4v) is 3.19. The quantitative estimate of drug-likeness (QED) is 0.885. The Bertz CT molecular complexity index is 612. The molecule has 3 N–H and O–H groups in total. The Morgan fingerprint density at radius 1 is 1.45 bits per heavy atom. The molecule has 0 amide bonds. The summed E-state index contributed by atoms with van der Waals surface area (Å²) in [7, 11) is 1.75. The second-order valence-electron chi connectivity index (χ2n) is 5.71. The molecule has 0 saturated carbocycles. The van der Waals surface area contributed by atoms with Crippen molar-refractivity contribution in [1.29, 1.82) is 0 Å². The fraction of sp³-hybridized carbons (Fsp3) is 0.500. The van der Waals surface area contributed by atoms with Crippen molar-refractivity contribution >= 4 is 5.82 Å². The summed E-state index contributed by atoms with van der Waals surface area (Å²) in [6.45, 7) is 2.80. The van der Waals surface area contributed by atoms with Gasteiger partial charge in [-0.15, -0.1) is 0 Å². The highest BCUT2D eigenvalue weighted by atomic mass is 16.5. The van der Waals surface area contributed by atoms with Gasteiger partial charge in [0.05, 0.1) is 24.5 Å². The molecular formula is C16H23N5O. The molecule has 1 aliphatic heterocycles. The minimum atomic E-state index is 0.357. The minimum Gasteiger partial charge on any atom is -0.384 e. The molecule has 3 heterocycles. The zero-order valence-corrected chi connectivity index (χ0v) is 13.0. The van der Waals surface area contributed by atoms with Crippen LogP contribution in [0, 0.1) is 0 Å². The number of nitrogens with one attached hydrogen (secondary N) is 1. The van der Waals surface area contributed by atoms with Gasteiger partial charge in [0.1, 0.15) is 5.82 Å². The summed E-state index contributed by atoms with van der Waals surface area (Å²) in [5.74, 6) is 0.532. The minimum absolute atomic E-state index is 0.357. The van der Waals surface area contributed by atoms with Crippen LogP contribution in [0.5, 0.6) is 0 Å². The molecule has 1 fully saturated rings. The molecule has 6 nitrogen and oxygen atoms in total. The zero-order valence-electron chi connectivity index (χ0n) is 13.0. The first-order valence-electron chi connectivity index (χ1n) is 7.77. The highest BCUT2D eigenvalue weighted by Crippen LogP contribution is 2.35. The van der Waals surface area contributed by atoms with E-state index in [1.807, 2.05) is 18.3 Å². The molecule has 2 aromatic heterocycles. The van der Waals surface area contributed by atoms with Crippen molar-refractivity contribution in [3.05, 3.63) is 30.2 Å². The number of rotatable bonds is 5. The predicted octanol–water partition coefficient (Wildman–Crippen LogP) is 2.23. The van der Waals surface area contributed by atoms with Crippen molar-refractivity contribution < 1.29 is 4.74 Å². The van der Waals surface area contributed by atoms with Crippen LogP contribution in [-0.2, 0) is 4.74 Å². The number of methoxy groups -OCH3 is 1. The van der Waals surface area contributed by atoms with E-state index in [0.29, 0.717) is 11.9 Å². The lowest BCUT2D eigenvalue weighted by molar-refractivity contribution is 0.0944. The summed E-state index contributed by atoms with van der Waals surface area (Å²) in [6.07, 6.45) is 7.24. The Kier molecular flexibility index (Phi) is 4.70. The first-order valence-corrected chi connectivity index (χ1v) is 7.77. The highest BCUT2D eigenvalue weighted by Gasteiger charge is 2.27. The van der Waals surface area contributed by atoms with Crippen LogP contribution in [0.3, 0.4) is 0 Å². The summed E-state index contributed by atoms with van der Waals surface area (Å²) in [5.41, 5.74) is 9.16. The largest absolute Gasteiger partial charge is 0.384 e. The van der Waals surface area contributed by atoms with Gasteiger partial charge in [-0.2, -0.15) is 5.10 Å². The molecule has 0 aromatic carbocycles. The van der Waals surface area contributed by atoms with Crippen LogP contribution in [0.25, 0.3) is 11.1 Å². The van der Waals surface area contributed by atoms with Gasteiger partial charge in [0.2, 0.25) is 0 Å². The van der Waals surface area contributed by atoms with Crippen LogP contribution in [0.1, 0.15) is 31.0 Å². The third kappa shape index (κ3) is 3.13. The maximum atomic E-state index is 5.82.